The lowest BCUT2D eigenvalue weighted by molar-refractivity contribution is -0.0215. The average Bonchev–Trinajstić information content (AvgIpc) is 2.40. The Kier molecular flexibility index (Phi) is 3.85. The second kappa shape index (κ2) is 5.19. The number of aliphatic hydroxyl groups is 1. The summed E-state index contributed by atoms with van der Waals surface area (Å²) in [5, 5.41) is 10.7. The summed E-state index contributed by atoms with van der Waals surface area (Å²) in [5.41, 5.74) is 7.05. The van der Waals surface area contributed by atoms with Crippen molar-refractivity contribution in [1.82, 2.24) is 0 Å². The minimum Gasteiger partial charge on any atom is -0.385 e. The van der Waals surface area contributed by atoms with Crippen molar-refractivity contribution >= 4 is 0 Å². The van der Waals surface area contributed by atoms with Crippen LogP contribution in [0.5, 0.6) is 0 Å². The molecule has 0 aromatic heterocycles. The minimum atomic E-state index is -0.687. The van der Waals surface area contributed by atoms with Gasteiger partial charge in [-0.25, -0.2) is 0 Å². The monoisotopic (exact) mass is 233 g/mol. The van der Waals surface area contributed by atoms with E-state index >= 15 is 0 Å². The van der Waals surface area contributed by atoms with E-state index in [9.17, 15) is 5.11 Å². The van der Waals surface area contributed by atoms with Crippen molar-refractivity contribution in [2.75, 3.05) is 0 Å². The first-order chi connectivity index (χ1) is 8.14. The second-order valence-corrected chi connectivity index (χ2v) is 5.38. The summed E-state index contributed by atoms with van der Waals surface area (Å²) in [6.45, 7) is 2.52. The number of hydrogen-bond donors (Lipinski definition) is 2. The van der Waals surface area contributed by atoms with Crippen LogP contribution in [0.1, 0.15) is 50.2 Å². The molecule has 94 valence electrons. The standard InChI is InChI=1S/C15H23NO/c1-15(17,13-5-3-2-4-6-13)14-9-7-12(11-16)8-10-14/h7-10,13,17H,2-6,11,16H2,1H3. The molecule has 2 nitrogen and oxygen atoms in total. The molecule has 1 saturated carbocycles. The van der Waals surface area contributed by atoms with Crippen LogP contribution in [0.4, 0.5) is 0 Å². The Morgan fingerprint density at radius 2 is 1.76 bits per heavy atom. The maximum Gasteiger partial charge on any atom is 0.0896 e. The number of nitrogens with two attached hydrogens (primary N) is 1. The molecule has 0 aliphatic heterocycles. The summed E-state index contributed by atoms with van der Waals surface area (Å²) in [4.78, 5) is 0. The van der Waals surface area contributed by atoms with Gasteiger partial charge in [-0.2, -0.15) is 0 Å². The van der Waals surface area contributed by atoms with Crippen LogP contribution in [0.25, 0.3) is 0 Å². The molecule has 3 N–H and O–H groups in total. The molecule has 17 heavy (non-hydrogen) atoms. The van der Waals surface area contributed by atoms with Gasteiger partial charge < -0.3 is 10.8 Å². The van der Waals surface area contributed by atoms with Crippen LogP contribution in [-0.2, 0) is 12.1 Å². The van der Waals surface area contributed by atoms with Crippen molar-refractivity contribution < 1.29 is 5.11 Å². The van der Waals surface area contributed by atoms with E-state index in [1.165, 1.54) is 19.3 Å². The molecular formula is C15H23NO. The Balaban J connectivity index is 2.17. The first-order valence-corrected chi connectivity index (χ1v) is 6.66. The molecular weight excluding hydrogens is 210 g/mol. The predicted molar refractivity (Wildman–Crippen MR) is 70.5 cm³/mol. The zero-order valence-electron chi connectivity index (χ0n) is 10.7. The molecule has 0 saturated heterocycles. The van der Waals surface area contributed by atoms with E-state index in [-0.39, 0.29) is 0 Å². The van der Waals surface area contributed by atoms with E-state index in [2.05, 4.69) is 0 Å². The Morgan fingerprint density at radius 1 is 1.18 bits per heavy atom. The molecule has 1 fully saturated rings. The SMILES string of the molecule is CC(O)(c1ccc(CN)cc1)C1CCCCC1. The molecule has 0 amide bonds. The van der Waals surface area contributed by atoms with Crippen LogP contribution in [0.2, 0.25) is 0 Å². The largest absolute Gasteiger partial charge is 0.385 e. The average molecular weight is 233 g/mol. The van der Waals surface area contributed by atoms with Crippen LogP contribution in [0, 0.1) is 5.92 Å². The highest BCUT2D eigenvalue weighted by atomic mass is 16.3. The highest BCUT2D eigenvalue weighted by Gasteiger charge is 2.34. The molecule has 0 spiro atoms. The van der Waals surface area contributed by atoms with Crippen molar-refractivity contribution in [2.45, 2.75) is 51.2 Å². The molecule has 1 aliphatic rings. The van der Waals surface area contributed by atoms with Gasteiger partial charge in [0.1, 0.15) is 0 Å². The summed E-state index contributed by atoms with van der Waals surface area (Å²) in [6, 6.07) is 8.09. The van der Waals surface area contributed by atoms with Gasteiger partial charge in [-0.05, 0) is 36.8 Å². The predicted octanol–water partition coefficient (Wildman–Crippen LogP) is 2.93. The molecule has 1 aromatic carbocycles. The molecule has 0 heterocycles. The molecule has 1 atom stereocenters. The van der Waals surface area contributed by atoms with Crippen molar-refractivity contribution in [3.63, 3.8) is 0 Å². The highest BCUT2D eigenvalue weighted by molar-refractivity contribution is 5.27. The second-order valence-electron chi connectivity index (χ2n) is 5.38. The minimum absolute atomic E-state index is 0.403. The topological polar surface area (TPSA) is 46.2 Å². The Hall–Kier alpha value is -0.860. The van der Waals surface area contributed by atoms with Crippen LogP contribution in [0.15, 0.2) is 24.3 Å². The van der Waals surface area contributed by atoms with Crippen molar-refractivity contribution in [3.8, 4) is 0 Å². The first-order valence-electron chi connectivity index (χ1n) is 6.66. The zero-order valence-corrected chi connectivity index (χ0v) is 10.7. The summed E-state index contributed by atoms with van der Waals surface area (Å²) >= 11 is 0. The van der Waals surface area contributed by atoms with Gasteiger partial charge in [0.15, 0.2) is 0 Å². The molecule has 1 aromatic rings. The van der Waals surface area contributed by atoms with Gasteiger partial charge in [-0.1, -0.05) is 43.5 Å². The van der Waals surface area contributed by atoms with Crippen molar-refractivity contribution in [3.05, 3.63) is 35.4 Å². The van der Waals surface area contributed by atoms with Gasteiger partial charge in [-0.15, -0.1) is 0 Å². The molecule has 2 heteroatoms. The van der Waals surface area contributed by atoms with E-state index in [1.54, 1.807) is 0 Å². The third-order valence-corrected chi connectivity index (χ3v) is 4.17. The molecule has 0 bridgehead atoms. The fourth-order valence-corrected chi connectivity index (χ4v) is 2.88. The molecule has 2 rings (SSSR count). The molecule has 1 unspecified atom stereocenters. The summed E-state index contributed by atoms with van der Waals surface area (Å²) in [7, 11) is 0. The lowest BCUT2D eigenvalue weighted by Gasteiger charge is -2.36. The number of benzene rings is 1. The maximum atomic E-state index is 10.7. The maximum absolute atomic E-state index is 10.7. The third kappa shape index (κ3) is 2.70. The normalized spacial score (nSPS) is 21.1. The lowest BCUT2D eigenvalue weighted by atomic mass is 9.74. The van der Waals surface area contributed by atoms with Gasteiger partial charge in [0.25, 0.3) is 0 Å². The van der Waals surface area contributed by atoms with Crippen molar-refractivity contribution in [2.24, 2.45) is 11.7 Å². The van der Waals surface area contributed by atoms with Gasteiger partial charge in [0.2, 0.25) is 0 Å². The number of hydrogen-bond acceptors (Lipinski definition) is 2. The van der Waals surface area contributed by atoms with Gasteiger partial charge >= 0.3 is 0 Å². The third-order valence-electron chi connectivity index (χ3n) is 4.17. The van der Waals surface area contributed by atoms with E-state index in [4.69, 9.17) is 5.73 Å². The Bertz CT molecular complexity index is 350. The molecule has 1 aliphatic carbocycles. The number of rotatable bonds is 3. The highest BCUT2D eigenvalue weighted by Crippen LogP contribution is 2.38. The zero-order chi connectivity index (χ0) is 12.3. The van der Waals surface area contributed by atoms with Crippen molar-refractivity contribution in [1.29, 1.82) is 0 Å². The fourth-order valence-electron chi connectivity index (χ4n) is 2.88. The van der Waals surface area contributed by atoms with Crippen LogP contribution >= 0.6 is 0 Å². The van der Waals surface area contributed by atoms with Gasteiger partial charge in [0, 0.05) is 6.54 Å². The first kappa shape index (κ1) is 12.6. The van der Waals surface area contributed by atoms with E-state index in [1.807, 2.05) is 31.2 Å². The van der Waals surface area contributed by atoms with E-state index in [0.717, 1.165) is 24.0 Å². The Morgan fingerprint density at radius 3 is 2.29 bits per heavy atom. The van der Waals surface area contributed by atoms with E-state index < -0.39 is 5.60 Å². The quantitative estimate of drug-likeness (QED) is 0.843. The lowest BCUT2D eigenvalue weighted by Crippen LogP contribution is -2.33. The summed E-state index contributed by atoms with van der Waals surface area (Å²) < 4.78 is 0. The fraction of sp³-hybridized carbons (Fsp3) is 0.600. The Labute approximate surface area is 104 Å². The van der Waals surface area contributed by atoms with Crippen LogP contribution in [0.3, 0.4) is 0 Å². The van der Waals surface area contributed by atoms with Gasteiger partial charge in [0.05, 0.1) is 5.60 Å². The molecule has 0 radical (unpaired) electrons. The van der Waals surface area contributed by atoms with Crippen LogP contribution in [-0.4, -0.2) is 5.11 Å². The van der Waals surface area contributed by atoms with E-state index in [0.29, 0.717) is 12.5 Å². The van der Waals surface area contributed by atoms with Gasteiger partial charge in [-0.3, -0.25) is 0 Å². The van der Waals surface area contributed by atoms with Crippen LogP contribution < -0.4 is 5.73 Å². The summed E-state index contributed by atoms with van der Waals surface area (Å²) in [5.74, 6) is 0.403. The summed E-state index contributed by atoms with van der Waals surface area (Å²) in [6.07, 6.45) is 6.11. The smallest absolute Gasteiger partial charge is 0.0896 e.